The highest BCUT2D eigenvalue weighted by atomic mass is 35.5. The Hall–Kier alpha value is -3.10. The molecular weight excluding hydrogens is 510 g/mol. The predicted octanol–water partition coefficient (Wildman–Crippen LogP) is 5.51. The summed E-state index contributed by atoms with van der Waals surface area (Å²) >= 11 is 6.16. The molecule has 38 heavy (non-hydrogen) atoms. The molecule has 202 valence electrons. The number of carboxylic acids is 1. The molecule has 0 aromatic heterocycles. The fraction of sp³-hybridized carbons (Fsp3) is 0.483. The van der Waals surface area contributed by atoms with Gasteiger partial charge in [0.1, 0.15) is 18.0 Å². The SMILES string of the molecule is CCO[C@@H]1CN(C(=O)OC(C)(C)C)[C@](C(=O)O)(C2CCc3cc4c(cc3C2=O)OCc2cc(Cl)ccc2-4)C1. The third-order valence-electron chi connectivity index (χ3n) is 7.60. The monoisotopic (exact) mass is 541 g/mol. The summed E-state index contributed by atoms with van der Waals surface area (Å²) in [5, 5.41) is 11.2. The second kappa shape index (κ2) is 9.58. The fourth-order valence-electron chi connectivity index (χ4n) is 6.04. The molecule has 5 rings (SSSR count). The van der Waals surface area contributed by atoms with Gasteiger partial charge >= 0.3 is 12.1 Å². The third-order valence-corrected chi connectivity index (χ3v) is 7.84. The van der Waals surface area contributed by atoms with E-state index in [0.29, 0.717) is 36.0 Å². The summed E-state index contributed by atoms with van der Waals surface area (Å²) in [7, 11) is 0. The molecule has 1 unspecified atom stereocenters. The summed E-state index contributed by atoms with van der Waals surface area (Å²) in [5.74, 6) is -1.93. The molecule has 2 aliphatic heterocycles. The van der Waals surface area contributed by atoms with E-state index in [1.165, 1.54) is 4.90 Å². The van der Waals surface area contributed by atoms with Gasteiger partial charge in [0.25, 0.3) is 0 Å². The number of benzene rings is 2. The second-order valence-electron chi connectivity index (χ2n) is 11.2. The van der Waals surface area contributed by atoms with E-state index in [1.807, 2.05) is 31.2 Å². The molecule has 1 saturated heterocycles. The Balaban J connectivity index is 1.55. The van der Waals surface area contributed by atoms with E-state index < -0.39 is 35.2 Å². The Bertz CT molecular complexity index is 1320. The number of carbonyl (C=O) groups is 3. The molecule has 8 nitrogen and oxygen atoms in total. The van der Waals surface area contributed by atoms with Crippen molar-refractivity contribution in [2.45, 2.75) is 70.8 Å². The Morgan fingerprint density at radius 1 is 1.16 bits per heavy atom. The average molecular weight is 542 g/mol. The van der Waals surface area contributed by atoms with Gasteiger partial charge in [-0.05, 0) is 81.5 Å². The first-order valence-electron chi connectivity index (χ1n) is 12.9. The normalized spacial score (nSPS) is 24.2. The number of carboxylic acid groups (broad SMARTS) is 1. The van der Waals surface area contributed by atoms with Crippen LogP contribution in [-0.4, -0.2) is 58.2 Å². The van der Waals surface area contributed by atoms with Crippen LogP contribution in [0.4, 0.5) is 4.79 Å². The zero-order chi connectivity index (χ0) is 27.4. The van der Waals surface area contributed by atoms with Crippen LogP contribution in [0.3, 0.4) is 0 Å². The van der Waals surface area contributed by atoms with E-state index in [2.05, 4.69) is 0 Å². The molecule has 1 amide bonds. The van der Waals surface area contributed by atoms with E-state index in [9.17, 15) is 19.5 Å². The first-order chi connectivity index (χ1) is 17.9. The molecule has 2 aromatic carbocycles. The number of likely N-dealkylation sites (tertiary alicyclic amines) is 1. The number of rotatable bonds is 4. The lowest BCUT2D eigenvalue weighted by molar-refractivity contribution is -0.152. The van der Waals surface area contributed by atoms with Gasteiger partial charge in [-0.2, -0.15) is 0 Å². The number of ketones is 1. The van der Waals surface area contributed by atoms with Crippen LogP contribution >= 0.6 is 11.6 Å². The molecule has 3 atom stereocenters. The summed E-state index contributed by atoms with van der Waals surface area (Å²) in [6, 6.07) is 9.33. The number of halogens is 1. The van der Waals surface area contributed by atoms with Crippen molar-refractivity contribution in [3.8, 4) is 16.9 Å². The highest BCUT2D eigenvalue weighted by molar-refractivity contribution is 6.30. The van der Waals surface area contributed by atoms with Crippen LogP contribution in [0, 0.1) is 5.92 Å². The van der Waals surface area contributed by atoms with Crippen LogP contribution in [0.2, 0.25) is 5.02 Å². The van der Waals surface area contributed by atoms with Crippen LogP contribution in [0.1, 0.15) is 62.0 Å². The summed E-state index contributed by atoms with van der Waals surface area (Å²) in [6.07, 6.45) is -0.504. The number of hydrogen-bond donors (Lipinski definition) is 1. The molecule has 2 heterocycles. The zero-order valence-electron chi connectivity index (χ0n) is 22.0. The number of Topliss-reactive ketones (excluding diaryl/α,β-unsaturated/α-hetero) is 1. The minimum absolute atomic E-state index is 0.0106. The maximum Gasteiger partial charge on any atom is 0.411 e. The largest absolute Gasteiger partial charge is 0.488 e. The quantitative estimate of drug-likeness (QED) is 0.544. The van der Waals surface area contributed by atoms with E-state index in [4.69, 9.17) is 25.8 Å². The van der Waals surface area contributed by atoms with Gasteiger partial charge in [-0.25, -0.2) is 9.59 Å². The number of nitrogens with zero attached hydrogens (tertiary/aromatic N) is 1. The van der Waals surface area contributed by atoms with Crippen LogP contribution in [0.5, 0.6) is 5.75 Å². The van der Waals surface area contributed by atoms with Crippen molar-refractivity contribution in [3.63, 3.8) is 0 Å². The maximum atomic E-state index is 14.1. The number of fused-ring (bicyclic) bond motifs is 4. The molecule has 0 bridgehead atoms. The third kappa shape index (κ3) is 4.43. The molecule has 1 fully saturated rings. The van der Waals surface area contributed by atoms with Crippen molar-refractivity contribution in [1.82, 2.24) is 4.90 Å². The summed E-state index contributed by atoms with van der Waals surface area (Å²) < 4.78 is 17.4. The molecule has 2 aromatic rings. The lowest BCUT2D eigenvalue weighted by Crippen LogP contribution is -2.61. The summed E-state index contributed by atoms with van der Waals surface area (Å²) in [5.41, 5.74) is 1.51. The molecule has 0 spiro atoms. The van der Waals surface area contributed by atoms with Crippen molar-refractivity contribution in [2.24, 2.45) is 5.92 Å². The smallest absolute Gasteiger partial charge is 0.411 e. The molecule has 1 aliphatic carbocycles. The standard InChI is InChI=1S/C29H32ClNO7/c1-5-36-19-13-29(26(33)34,31(14-19)27(35)38-28(2,3)4)23-9-6-16-11-22-20-8-7-18(30)10-17(20)15-37-24(22)12-21(16)25(23)32/h7-8,10-12,19,23H,5-6,9,13-15H2,1-4H3,(H,33,34)/t19-,23?,29-/m0/s1. The van der Waals surface area contributed by atoms with Gasteiger partial charge in [-0.3, -0.25) is 9.69 Å². The van der Waals surface area contributed by atoms with E-state index >= 15 is 0 Å². The Morgan fingerprint density at radius 2 is 1.92 bits per heavy atom. The lowest BCUT2D eigenvalue weighted by atomic mass is 9.69. The predicted molar refractivity (Wildman–Crippen MR) is 141 cm³/mol. The molecule has 9 heteroatoms. The topological polar surface area (TPSA) is 102 Å². The number of ether oxygens (including phenoxy) is 3. The Morgan fingerprint density at radius 3 is 2.61 bits per heavy atom. The first-order valence-corrected chi connectivity index (χ1v) is 13.3. The minimum Gasteiger partial charge on any atom is -0.488 e. The number of aryl methyl sites for hydroxylation is 1. The second-order valence-corrected chi connectivity index (χ2v) is 11.6. The maximum absolute atomic E-state index is 14.1. The van der Waals surface area contributed by atoms with E-state index in [0.717, 1.165) is 22.3 Å². The number of aliphatic carboxylic acids is 1. The van der Waals surface area contributed by atoms with Crippen molar-refractivity contribution in [1.29, 1.82) is 0 Å². The summed E-state index contributed by atoms with van der Waals surface area (Å²) in [6.45, 7) is 7.71. The highest BCUT2D eigenvalue weighted by Gasteiger charge is 2.62. The number of carbonyl (C=O) groups excluding carboxylic acids is 2. The minimum atomic E-state index is -1.78. The van der Waals surface area contributed by atoms with Gasteiger partial charge < -0.3 is 19.3 Å². The van der Waals surface area contributed by atoms with Crippen molar-refractivity contribution >= 4 is 29.4 Å². The highest BCUT2D eigenvalue weighted by Crippen LogP contribution is 2.47. The van der Waals surface area contributed by atoms with Crippen LogP contribution in [0.25, 0.3) is 11.1 Å². The molecule has 0 radical (unpaired) electrons. The van der Waals surface area contributed by atoms with Gasteiger partial charge in [-0.15, -0.1) is 0 Å². The van der Waals surface area contributed by atoms with Gasteiger partial charge in [0.2, 0.25) is 0 Å². The van der Waals surface area contributed by atoms with Crippen LogP contribution < -0.4 is 4.74 Å². The van der Waals surface area contributed by atoms with Gasteiger partial charge in [0.05, 0.1) is 18.6 Å². The summed E-state index contributed by atoms with van der Waals surface area (Å²) in [4.78, 5) is 41.6. The van der Waals surface area contributed by atoms with E-state index in [1.54, 1.807) is 26.8 Å². The van der Waals surface area contributed by atoms with Crippen molar-refractivity contribution in [3.05, 3.63) is 52.0 Å². The fourth-order valence-corrected chi connectivity index (χ4v) is 6.23. The molecule has 3 aliphatic rings. The lowest BCUT2D eigenvalue weighted by Gasteiger charge is -2.42. The van der Waals surface area contributed by atoms with Gasteiger partial charge in [0, 0.05) is 29.2 Å². The Labute approximate surface area is 226 Å². The first kappa shape index (κ1) is 26.5. The average Bonchev–Trinajstić information content (AvgIpc) is 3.23. The molecule has 1 N–H and O–H groups in total. The van der Waals surface area contributed by atoms with E-state index in [-0.39, 0.29) is 25.2 Å². The zero-order valence-corrected chi connectivity index (χ0v) is 22.8. The van der Waals surface area contributed by atoms with Crippen LogP contribution in [0.15, 0.2) is 30.3 Å². The number of hydrogen-bond acceptors (Lipinski definition) is 6. The molecule has 0 saturated carbocycles. The Kier molecular flexibility index (Phi) is 6.68. The van der Waals surface area contributed by atoms with Crippen molar-refractivity contribution in [2.75, 3.05) is 13.2 Å². The number of amides is 1. The van der Waals surface area contributed by atoms with Crippen LogP contribution in [-0.2, 0) is 27.3 Å². The van der Waals surface area contributed by atoms with Gasteiger partial charge in [0.15, 0.2) is 11.3 Å². The van der Waals surface area contributed by atoms with Gasteiger partial charge in [-0.1, -0.05) is 17.7 Å². The van der Waals surface area contributed by atoms with Crippen molar-refractivity contribution < 1.29 is 33.7 Å². The molecular formula is C29H32ClNO7.